The number of carbonyl (C=O) groups is 1. The van der Waals surface area contributed by atoms with Gasteiger partial charge in [-0.25, -0.2) is 4.79 Å². The number of rotatable bonds is 20. The SMILES string of the molecule is COc1ccc(C(OCCN(CCOC(c2ccccc2)(c2ccc(OC)cc2)c2ccc(OC)cc2)C(=O)OCC2c3ccccc3-c3ccccc32)(c2ccccc2)c2ccc(OC)cc2)cc1. The predicted octanol–water partition coefficient (Wildman–Crippen LogP) is 12.3. The van der Waals surface area contributed by atoms with Gasteiger partial charge in [-0.15, -0.1) is 0 Å². The zero-order valence-corrected chi connectivity index (χ0v) is 40.0. The number of nitrogens with zero attached hydrogens (tertiary/aromatic N) is 1. The molecule has 1 aliphatic rings. The van der Waals surface area contributed by atoms with Crippen molar-refractivity contribution in [3.05, 3.63) is 251 Å². The molecule has 0 aromatic heterocycles. The average Bonchev–Trinajstić information content (AvgIpc) is 3.76. The minimum absolute atomic E-state index is 0.123. The van der Waals surface area contributed by atoms with Crippen LogP contribution in [0.25, 0.3) is 11.1 Å². The number of benzene rings is 8. The molecule has 0 aliphatic heterocycles. The van der Waals surface area contributed by atoms with Crippen LogP contribution in [-0.2, 0) is 25.4 Å². The van der Waals surface area contributed by atoms with E-state index >= 15 is 0 Å². The molecule has 9 nitrogen and oxygen atoms in total. The molecule has 8 aromatic rings. The van der Waals surface area contributed by atoms with E-state index in [0.29, 0.717) is 0 Å². The molecule has 0 unspecified atom stereocenters. The number of fused-ring (bicyclic) bond motifs is 3. The molecule has 0 heterocycles. The molecule has 0 saturated heterocycles. The van der Waals surface area contributed by atoms with E-state index in [-0.39, 0.29) is 38.8 Å². The van der Waals surface area contributed by atoms with Gasteiger partial charge in [0.05, 0.1) is 41.7 Å². The van der Waals surface area contributed by atoms with Gasteiger partial charge in [-0.05, 0) is 104 Å². The van der Waals surface area contributed by atoms with Crippen LogP contribution in [-0.4, -0.2) is 72.3 Å². The average molecular weight is 932 g/mol. The van der Waals surface area contributed by atoms with Gasteiger partial charge in [0.15, 0.2) is 0 Å². The van der Waals surface area contributed by atoms with Crippen molar-refractivity contribution in [3.63, 3.8) is 0 Å². The summed E-state index contributed by atoms with van der Waals surface area (Å²) in [6, 6.07) is 68.6. The van der Waals surface area contributed by atoms with Crippen molar-refractivity contribution in [1.82, 2.24) is 4.90 Å². The Bertz CT molecular complexity index is 2650. The van der Waals surface area contributed by atoms with E-state index in [1.807, 2.05) is 158 Å². The van der Waals surface area contributed by atoms with E-state index in [4.69, 9.17) is 33.2 Å². The molecular formula is C61H57NO8. The first-order valence-electron chi connectivity index (χ1n) is 23.5. The van der Waals surface area contributed by atoms with Gasteiger partial charge >= 0.3 is 6.09 Å². The van der Waals surface area contributed by atoms with Crippen molar-refractivity contribution in [2.75, 3.05) is 61.3 Å². The number of carbonyl (C=O) groups excluding carboxylic acids is 1. The number of methoxy groups -OCH3 is 4. The lowest BCUT2D eigenvalue weighted by Crippen LogP contribution is -2.42. The van der Waals surface area contributed by atoms with Crippen LogP contribution >= 0.6 is 0 Å². The highest BCUT2D eigenvalue weighted by Crippen LogP contribution is 2.46. The molecule has 70 heavy (non-hydrogen) atoms. The van der Waals surface area contributed by atoms with E-state index in [2.05, 4.69) is 48.5 Å². The summed E-state index contributed by atoms with van der Waals surface area (Å²) in [7, 11) is 6.61. The van der Waals surface area contributed by atoms with E-state index in [0.717, 1.165) is 78.6 Å². The van der Waals surface area contributed by atoms with E-state index < -0.39 is 17.3 Å². The Morgan fingerprint density at radius 2 is 0.700 bits per heavy atom. The predicted molar refractivity (Wildman–Crippen MR) is 273 cm³/mol. The third-order valence-electron chi connectivity index (χ3n) is 13.3. The van der Waals surface area contributed by atoms with E-state index in [1.165, 1.54) is 0 Å². The van der Waals surface area contributed by atoms with Crippen molar-refractivity contribution in [3.8, 4) is 34.1 Å². The number of ether oxygens (including phenoxy) is 7. The maximum atomic E-state index is 14.9. The second-order valence-corrected chi connectivity index (χ2v) is 17.0. The van der Waals surface area contributed by atoms with Crippen LogP contribution in [0.3, 0.4) is 0 Å². The normalized spacial score (nSPS) is 12.1. The minimum atomic E-state index is -1.10. The van der Waals surface area contributed by atoms with Crippen LogP contribution in [0, 0.1) is 0 Å². The summed E-state index contributed by atoms with van der Waals surface area (Å²) in [5, 5.41) is 0. The third kappa shape index (κ3) is 9.46. The smallest absolute Gasteiger partial charge is 0.409 e. The van der Waals surface area contributed by atoms with Crippen LogP contribution in [0.5, 0.6) is 23.0 Å². The van der Waals surface area contributed by atoms with Gasteiger partial charge in [-0.2, -0.15) is 0 Å². The summed E-state index contributed by atoms with van der Waals surface area (Å²) in [5.74, 6) is 2.75. The van der Waals surface area contributed by atoms with E-state index in [1.54, 1.807) is 33.3 Å². The lowest BCUT2D eigenvalue weighted by atomic mass is 9.80. The van der Waals surface area contributed by atoms with Gasteiger partial charge in [0.25, 0.3) is 0 Å². The van der Waals surface area contributed by atoms with Gasteiger partial charge in [-0.3, -0.25) is 0 Å². The van der Waals surface area contributed by atoms with Gasteiger partial charge in [0.1, 0.15) is 40.8 Å². The lowest BCUT2D eigenvalue weighted by Gasteiger charge is -2.38. The van der Waals surface area contributed by atoms with Gasteiger partial charge < -0.3 is 38.1 Å². The summed E-state index contributed by atoms with van der Waals surface area (Å²) in [6.07, 6.45) is -0.479. The quantitative estimate of drug-likeness (QED) is 0.0699. The molecule has 354 valence electrons. The second-order valence-electron chi connectivity index (χ2n) is 17.0. The summed E-state index contributed by atoms with van der Waals surface area (Å²) in [6.45, 7) is 0.743. The lowest BCUT2D eigenvalue weighted by molar-refractivity contribution is -0.0183. The summed E-state index contributed by atoms with van der Waals surface area (Å²) in [5.41, 5.74) is 7.71. The fraction of sp³-hybridized carbons (Fsp3) is 0.197. The van der Waals surface area contributed by atoms with Crippen molar-refractivity contribution in [1.29, 1.82) is 0 Å². The molecule has 0 radical (unpaired) electrons. The van der Waals surface area contributed by atoms with Gasteiger partial charge in [0, 0.05) is 19.0 Å². The molecular weight excluding hydrogens is 875 g/mol. The van der Waals surface area contributed by atoms with Crippen LogP contribution in [0.1, 0.15) is 50.4 Å². The number of amides is 1. The first-order valence-corrected chi connectivity index (χ1v) is 23.5. The van der Waals surface area contributed by atoms with Crippen LogP contribution in [0.2, 0.25) is 0 Å². The summed E-state index contributed by atoms with van der Waals surface area (Å²) < 4.78 is 43.3. The molecule has 9 rings (SSSR count). The third-order valence-corrected chi connectivity index (χ3v) is 13.3. The van der Waals surface area contributed by atoms with Crippen LogP contribution in [0.4, 0.5) is 4.79 Å². The molecule has 0 N–H and O–H groups in total. The number of hydrogen-bond donors (Lipinski definition) is 0. The topological polar surface area (TPSA) is 84.9 Å². The maximum absolute atomic E-state index is 14.9. The molecule has 8 aromatic carbocycles. The molecule has 1 aliphatic carbocycles. The standard InChI is InChI=1S/C61H57NO8/c1-64-50-31-23-46(24-32-50)60(44-15-7-5-8-16-44,47-25-33-51(65-2)34-26-47)69-41-39-62(59(63)68-43-58-56-21-13-11-19-54(56)55-20-12-14-22-57(55)58)40-42-70-61(45-17-9-6-10-18-45,48-27-35-52(66-3)36-28-48)49-29-37-53(67-4)38-30-49/h5-38,58H,39-43H2,1-4H3. The Hall–Kier alpha value is -7.85. The van der Waals surface area contributed by atoms with Crippen molar-refractivity contribution in [2.45, 2.75) is 17.1 Å². The molecule has 0 fully saturated rings. The molecule has 0 bridgehead atoms. The zero-order chi connectivity index (χ0) is 48.3. The van der Waals surface area contributed by atoms with Crippen molar-refractivity contribution in [2.24, 2.45) is 0 Å². The molecule has 0 atom stereocenters. The highest BCUT2D eigenvalue weighted by molar-refractivity contribution is 5.79. The highest BCUT2D eigenvalue weighted by Gasteiger charge is 2.40. The summed E-state index contributed by atoms with van der Waals surface area (Å²) >= 11 is 0. The first-order chi connectivity index (χ1) is 34.4. The fourth-order valence-electron chi connectivity index (χ4n) is 9.75. The molecule has 9 heteroatoms. The Labute approximate surface area is 410 Å². The van der Waals surface area contributed by atoms with Crippen molar-refractivity contribution < 1.29 is 38.0 Å². The highest BCUT2D eigenvalue weighted by atomic mass is 16.6. The first kappa shape index (κ1) is 47.2. The Morgan fingerprint density at radius 3 is 1.03 bits per heavy atom. The Kier molecular flexibility index (Phi) is 14.6. The zero-order valence-electron chi connectivity index (χ0n) is 40.0. The maximum Gasteiger partial charge on any atom is 0.409 e. The molecule has 0 spiro atoms. The van der Waals surface area contributed by atoms with Crippen LogP contribution < -0.4 is 18.9 Å². The summed E-state index contributed by atoms with van der Waals surface area (Å²) in [4.78, 5) is 16.6. The second kappa shape index (κ2) is 21.6. The molecule has 1 amide bonds. The number of hydrogen-bond acceptors (Lipinski definition) is 8. The Balaban J connectivity index is 1.07. The van der Waals surface area contributed by atoms with E-state index in [9.17, 15) is 4.79 Å². The minimum Gasteiger partial charge on any atom is -0.497 e. The fourth-order valence-corrected chi connectivity index (χ4v) is 9.75. The molecule has 0 saturated carbocycles. The van der Waals surface area contributed by atoms with Gasteiger partial charge in [0.2, 0.25) is 0 Å². The Morgan fingerprint density at radius 1 is 0.400 bits per heavy atom. The van der Waals surface area contributed by atoms with Gasteiger partial charge in [-0.1, -0.05) is 158 Å². The monoisotopic (exact) mass is 931 g/mol. The van der Waals surface area contributed by atoms with Crippen molar-refractivity contribution >= 4 is 6.09 Å². The largest absolute Gasteiger partial charge is 0.497 e. The van der Waals surface area contributed by atoms with Crippen LogP contribution in [0.15, 0.2) is 206 Å².